The van der Waals surface area contributed by atoms with Crippen LogP contribution in [0.3, 0.4) is 0 Å². The Balaban J connectivity index is 2.32. The summed E-state index contributed by atoms with van der Waals surface area (Å²) in [6.45, 7) is 7.67. The minimum atomic E-state index is -3.42. The number of aliphatic hydroxyl groups is 1. The van der Waals surface area contributed by atoms with Crippen LogP contribution in [-0.2, 0) is 18.4 Å². The van der Waals surface area contributed by atoms with Crippen molar-refractivity contribution < 1.29 is 23.0 Å². The standard InChI is InChI=1S/C29H39F3O2/c1-6-21(3)12-10-8-9-11-13-24-19-27(34-5)26(18-22(24)4)28(33,29(31,32)7-2)20-23-14-16-25(30)17-15-23/h8-9,14-19,21,33H,6-7,10-13,20H2,1-5H3/b9-8+. The zero-order chi connectivity index (χ0) is 25.4. The van der Waals surface area contributed by atoms with Crippen molar-refractivity contribution in [1.82, 2.24) is 0 Å². The second-order valence-electron chi connectivity index (χ2n) is 9.30. The molecular weight excluding hydrogens is 437 g/mol. The Hall–Kier alpha value is -2.27. The predicted molar refractivity (Wildman–Crippen MR) is 133 cm³/mol. The zero-order valence-corrected chi connectivity index (χ0v) is 21.1. The topological polar surface area (TPSA) is 29.5 Å². The number of hydrogen-bond acceptors (Lipinski definition) is 2. The number of hydrogen-bond donors (Lipinski definition) is 1. The summed E-state index contributed by atoms with van der Waals surface area (Å²) in [6.07, 6.45) is 8.47. The third kappa shape index (κ3) is 6.88. The van der Waals surface area contributed by atoms with Gasteiger partial charge in [-0.25, -0.2) is 13.2 Å². The normalized spacial score (nSPS) is 14.9. The van der Waals surface area contributed by atoms with Crippen LogP contribution in [0.4, 0.5) is 13.2 Å². The molecular formula is C29H39F3O2. The Labute approximate surface area is 202 Å². The van der Waals surface area contributed by atoms with Gasteiger partial charge in [0.2, 0.25) is 0 Å². The van der Waals surface area contributed by atoms with E-state index in [4.69, 9.17) is 4.74 Å². The molecule has 0 radical (unpaired) electrons. The summed E-state index contributed by atoms with van der Waals surface area (Å²) in [5, 5.41) is 11.5. The summed E-state index contributed by atoms with van der Waals surface area (Å²) in [6, 6.07) is 8.65. The van der Waals surface area contributed by atoms with E-state index in [1.807, 2.05) is 6.92 Å². The Kier molecular flexibility index (Phi) is 10.2. The first-order valence-electron chi connectivity index (χ1n) is 12.3. The van der Waals surface area contributed by atoms with Crippen molar-refractivity contribution in [2.45, 2.75) is 84.2 Å². The molecule has 0 aliphatic heterocycles. The lowest BCUT2D eigenvalue weighted by Gasteiger charge is -2.37. The highest BCUT2D eigenvalue weighted by molar-refractivity contribution is 5.47. The van der Waals surface area contributed by atoms with Crippen LogP contribution < -0.4 is 4.74 Å². The molecule has 2 unspecified atom stereocenters. The number of allylic oxidation sites excluding steroid dienone is 2. The highest BCUT2D eigenvalue weighted by atomic mass is 19.3. The highest BCUT2D eigenvalue weighted by Gasteiger charge is 2.53. The van der Waals surface area contributed by atoms with E-state index in [0.717, 1.165) is 36.3 Å². The summed E-state index contributed by atoms with van der Waals surface area (Å²) >= 11 is 0. The molecule has 0 aliphatic carbocycles. The van der Waals surface area contributed by atoms with Gasteiger partial charge in [-0.3, -0.25) is 0 Å². The number of methoxy groups -OCH3 is 1. The molecule has 5 heteroatoms. The lowest BCUT2D eigenvalue weighted by molar-refractivity contribution is -0.189. The number of alkyl halides is 2. The molecule has 0 fully saturated rings. The quantitative estimate of drug-likeness (QED) is 0.297. The van der Waals surface area contributed by atoms with Gasteiger partial charge in [0.05, 0.1) is 7.11 Å². The van der Waals surface area contributed by atoms with E-state index in [9.17, 15) is 9.50 Å². The molecule has 34 heavy (non-hydrogen) atoms. The van der Waals surface area contributed by atoms with Crippen molar-refractivity contribution in [2.75, 3.05) is 7.11 Å². The first-order valence-corrected chi connectivity index (χ1v) is 12.3. The number of benzene rings is 2. The molecule has 0 spiro atoms. The molecule has 0 bridgehead atoms. The van der Waals surface area contributed by atoms with Gasteiger partial charge in [-0.15, -0.1) is 0 Å². The Morgan fingerprint density at radius 3 is 2.29 bits per heavy atom. The van der Waals surface area contributed by atoms with Crippen molar-refractivity contribution in [1.29, 1.82) is 0 Å². The fraction of sp³-hybridized carbons (Fsp3) is 0.517. The molecule has 2 nitrogen and oxygen atoms in total. The van der Waals surface area contributed by atoms with E-state index in [0.29, 0.717) is 5.56 Å². The number of rotatable bonds is 13. The molecule has 2 aromatic carbocycles. The maximum absolute atomic E-state index is 15.2. The van der Waals surface area contributed by atoms with Gasteiger partial charge in [-0.05, 0) is 79.5 Å². The van der Waals surface area contributed by atoms with Crippen LogP contribution in [0.1, 0.15) is 75.1 Å². The molecule has 0 aromatic heterocycles. The van der Waals surface area contributed by atoms with Crippen LogP contribution in [-0.4, -0.2) is 18.1 Å². The fourth-order valence-electron chi connectivity index (χ4n) is 4.16. The molecule has 2 atom stereocenters. The van der Waals surface area contributed by atoms with Crippen LogP contribution in [0, 0.1) is 18.7 Å². The SMILES string of the molecule is CCC(C)CC/C=C/CCc1cc(OC)c(C(O)(Cc2ccc(F)cc2)C(F)(F)CC)cc1C. The third-order valence-electron chi connectivity index (χ3n) is 6.80. The maximum atomic E-state index is 15.2. The van der Waals surface area contributed by atoms with E-state index in [2.05, 4.69) is 26.0 Å². The third-order valence-corrected chi connectivity index (χ3v) is 6.80. The van der Waals surface area contributed by atoms with Crippen molar-refractivity contribution in [3.05, 3.63) is 76.6 Å². The molecule has 0 saturated heterocycles. The molecule has 2 aromatic rings. The highest BCUT2D eigenvalue weighted by Crippen LogP contribution is 2.46. The van der Waals surface area contributed by atoms with Crippen molar-refractivity contribution in [3.63, 3.8) is 0 Å². The second-order valence-corrected chi connectivity index (χ2v) is 9.30. The number of halogens is 3. The van der Waals surface area contributed by atoms with E-state index >= 15 is 8.78 Å². The Bertz CT molecular complexity index is 937. The zero-order valence-electron chi connectivity index (χ0n) is 21.1. The molecule has 0 aliphatic rings. The summed E-state index contributed by atoms with van der Waals surface area (Å²) in [4.78, 5) is 0. The lowest BCUT2D eigenvalue weighted by Crippen LogP contribution is -2.47. The minimum Gasteiger partial charge on any atom is -0.496 e. The van der Waals surface area contributed by atoms with Crippen LogP contribution >= 0.6 is 0 Å². The largest absolute Gasteiger partial charge is 0.496 e. The van der Waals surface area contributed by atoms with Crippen LogP contribution in [0.25, 0.3) is 0 Å². The maximum Gasteiger partial charge on any atom is 0.280 e. The molecule has 0 amide bonds. The number of aryl methyl sites for hydroxylation is 2. The minimum absolute atomic E-state index is 0.0523. The average molecular weight is 477 g/mol. The first kappa shape index (κ1) is 28.0. The summed E-state index contributed by atoms with van der Waals surface area (Å²) in [5.41, 5.74) is -0.200. The van der Waals surface area contributed by atoms with E-state index in [1.54, 1.807) is 12.1 Å². The van der Waals surface area contributed by atoms with Gasteiger partial charge in [0, 0.05) is 18.4 Å². The molecule has 0 heterocycles. The first-order chi connectivity index (χ1) is 16.1. The van der Waals surface area contributed by atoms with Crippen molar-refractivity contribution >= 4 is 0 Å². The Morgan fingerprint density at radius 2 is 1.71 bits per heavy atom. The lowest BCUT2D eigenvalue weighted by atomic mass is 9.79. The smallest absolute Gasteiger partial charge is 0.280 e. The van der Waals surface area contributed by atoms with Gasteiger partial charge < -0.3 is 9.84 Å². The molecule has 2 rings (SSSR count). The van der Waals surface area contributed by atoms with Crippen LogP contribution in [0.15, 0.2) is 48.6 Å². The summed E-state index contributed by atoms with van der Waals surface area (Å²) < 4.78 is 49.3. The summed E-state index contributed by atoms with van der Waals surface area (Å²) in [7, 11) is 1.43. The fourth-order valence-corrected chi connectivity index (χ4v) is 4.16. The van der Waals surface area contributed by atoms with Crippen LogP contribution in [0.2, 0.25) is 0 Å². The van der Waals surface area contributed by atoms with Crippen molar-refractivity contribution in [2.24, 2.45) is 5.92 Å². The van der Waals surface area contributed by atoms with Gasteiger partial charge in [-0.2, -0.15) is 0 Å². The van der Waals surface area contributed by atoms with Crippen molar-refractivity contribution in [3.8, 4) is 5.75 Å². The second kappa shape index (κ2) is 12.4. The molecule has 0 saturated carbocycles. The van der Waals surface area contributed by atoms with Gasteiger partial charge in [0.25, 0.3) is 5.92 Å². The number of ether oxygens (including phenoxy) is 1. The van der Waals surface area contributed by atoms with Gasteiger partial charge in [0.1, 0.15) is 11.6 Å². The van der Waals surface area contributed by atoms with E-state index in [-0.39, 0.29) is 17.7 Å². The Morgan fingerprint density at radius 1 is 1.06 bits per heavy atom. The van der Waals surface area contributed by atoms with Gasteiger partial charge in [0.15, 0.2) is 5.60 Å². The molecule has 188 valence electrons. The van der Waals surface area contributed by atoms with Crippen LogP contribution in [0.5, 0.6) is 5.75 Å². The monoisotopic (exact) mass is 476 g/mol. The van der Waals surface area contributed by atoms with Gasteiger partial charge in [-0.1, -0.05) is 51.5 Å². The van der Waals surface area contributed by atoms with E-state index < -0.39 is 23.8 Å². The predicted octanol–water partition coefficient (Wildman–Crippen LogP) is 7.93. The average Bonchev–Trinajstić information content (AvgIpc) is 2.82. The van der Waals surface area contributed by atoms with Gasteiger partial charge >= 0.3 is 0 Å². The summed E-state index contributed by atoms with van der Waals surface area (Å²) in [5.74, 6) is -2.92. The van der Waals surface area contributed by atoms with E-state index in [1.165, 1.54) is 51.1 Å². The molecule has 1 N–H and O–H groups in total.